The number of halogens is 1. The van der Waals surface area contributed by atoms with E-state index in [1.165, 1.54) is 11.3 Å². The van der Waals surface area contributed by atoms with Crippen molar-refractivity contribution in [2.75, 3.05) is 5.32 Å². The number of aromatic nitrogens is 4. The Hall–Kier alpha value is -1.65. The van der Waals surface area contributed by atoms with Gasteiger partial charge in [-0.2, -0.15) is 5.26 Å². The first-order valence-corrected chi connectivity index (χ1v) is 5.98. The fourth-order valence-corrected chi connectivity index (χ4v) is 2.40. The number of nitrogens with one attached hydrogen (secondary N) is 1. The molecule has 0 aliphatic rings. The number of nitrogens with zero attached hydrogens (tertiary/aromatic N) is 5. The summed E-state index contributed by atoms with van der Waals surface area (Å²) < 4.78 is 1.82. The molecule has 17 heavy (non-hydrogen) atoms. The quantitative estimate of drug-likeness (QED) is 0.921. The number of aryl methyl sites for hydroxylation is 1. The van der Waals surface area contributed by atoms with Crippen LogP contribution in [0.2, 0.25) is 5.15 Å². The van der Waals surface area contributed by atoms with Crippen molar-refractivity contribution in [2.45, 2.75) is 13.0 Å². The predicted molar refractivity (Wildman–Crippen MR) is 64.9 cm³/mol. The summed E-state index contributed by atoms with van der Waals surface area (Å²) in [5, 5.41) is 20.5. The average molecular weight is 269 g/mol. The fourth-order valence-electron chi connectivity index (χ4n) is 1.37. The molecule has 0 bridgehead atoms. The van der Waals surface area contributed by atoms with Crippen LogP contribution in [-0.4, -0.2) is 19.7 Å². The summed E-state index contributed by atoms with van der Waals surface area (Å²) >= 11 is 7.01. The molecule has 6 nitrogen and oxygen atoms in total. The number of thiazole rings is 1. The third-order valence-electron chi connectivity index (χ3n) is 2.16. The second kappa shape index (κ2) is 4.69. The van der Waals surface area contributed by atoms with Gasteiger partial charge in [0.15, 0.2) is 16.1 Å². The van der Waals surface area contributed by atoms with Crippen LogP contribution in [0.4, 0.5) is 5.13 Å². The standard InChI is InChI=1S/C9H9ClN6S/c1-5(8-15-12-4-16(8)2)13-9-14-7(10)6(3-11)17-9/h4-5H,1-2H3,(H,13,14). The molecule has 0 aliphatic heterocycles. The maximum Gasteiger partial charge on any atom is 0.186 e. The molecule has 1 N–H and O–H groups in total. The lowest BCUT2D eigenvalue weighted by Gasteiger charge is -2.11. The molecule has 0 spiro atoms. The lowest BCUT2D eigenvalue weighted by Crippen LogP contribution is -2.11. The summed E-state index contributed by atoms with van der Waals surface area (Å²) in [7, 11) is 1.86. The molecular weight excluding hydrogens is 260 g/mol. The van der Waals surface area contributed by atoms with E-state index in [0.29, 0.717) is 10.0 Å². The summed E-state index contributed by atoms with van der Waals surface area (Å²) in [6, 6.07) is 1.93. The summed E-state index contributed by atoms with van der Waals surface area (Å²) in [6.07, 6.45) is 1.63. The van der Waals surface area contributed by atoms with Gasteiger partial charge in [-0.15, -0.1) is 10.2 Å². The van der Waals surface area contributed by atoms with Crippen LogP contribution in [0.25, 0.3) is 0 Å². The second-order valence-corrected chi connectivity index (χ2v) is 4.77. The predicted octanol–water partition coefficient (Wildman–Crippen LogP) is 1.97. The maximum atomic E-state index is 8.78. The van der Waals surface area contributed by atoms with E-state index in [4.69, 9.17) is 16.9 Å². The van der Waals surface area contributed by atoms with Gasteiger partial charge in [-0.1, -0.05) is 22.9 Å². The summed E-state index contributed by atoms with van der Waals surface area (Å²) in [4.78, 5) is 4.46. The van der Waals surface area contributed by atoms with Gasteiger partial charge in [-0.3, -0.25) is 0 Å². The third-order valence-corrected chi connectivity index (χ3v) is 3.44. The highest BCUT2D eigenvalue weighted by molar-refractivity contribution is 7.16. The largest absolute Gasteiger partial charge is 0.352 e. The highest BCUT2D eigenvalue weighted by Crippen LogP contribution is 2.28. The molecule has 0 radical (unpaired) electrons. The van der Waals surface area contributed by atoms with Crippen LogP contribution in [0.15, 0.2) is 6.33 Å². The Kier molecular flexibility index (Phi) is 3.26. The molecule has 0 fully saturated rings. The van der Waals surface area contributed by atoms with Gasteiger partial charge < -0.3 is 9.88 Å². The van der Waals surface area contributed by atoms with Crippen molar-refractivity contribution in [3.8, 4) is 6.07 Å². The zero-order valence-electron chi connectivity index (χ0n) is 9.18. The van der Waals surface area contributed by atoms with Gasteiger partial charge in [0, 0.05) is 7.05 Å². The number of nitriles is 1. The van der Waals surface area contributed by atoms with E-state index in [2.05, 4.69) is 20.5 Å². The van der Waals surface area contributed by atoms with Gasteiger partial charge in [-0.05, 0) is 6.92 Å². The fraction of sp³-hybridized carbons (Fsp3) is 0.333. The van der Waals surface area contributed by atoms with Crippen LogP contribution in [0, 0.1) is 11.3 Å². The van der Waals surface area contributed by atoms with Gasteiger partial charge in [-0.25, -0.2) is 4.98 Å². The minimum Gasteiger partial charge on any atom is -0.352 e. The van der Waals surface area contributed by atoms with Crippen LogP contribution in [0.1, 0.15) is 23.7 Å². The lowest BCUT2D eigenvalue weighted by molar-refractivity contribution is 0.718. The molecule has 8 heteroatoms. The number of hydrogen-bond donors (Lipinski definition) is 1. The Bertz CT molecular complexity index is 568. The molecule has 1 atom stereocenters. The SMILES string of the molecule is CC(Nc1nc(Cl)c(C#N)s1)c1nncn1C. The number of rotatable bonds is 3. The molecule has 0 saturated carbocycles. The molecule has 0 amide bonds. The molecule has 0 aliphatic carbocycles. The van der Waals surface area contributed by atoms with Crippen molar-refractivity contribution in [3.05, 3.63) is 22.2 Å². The first kappa shape index (κ1) is 11.8. The maximum absolute atomic E-state index is 8.78. The van der Waals surface area contributed by atoms with E-state index in [1.54, 1.807) is 6.33 Å². The van der Waals surface area contributed by atoms with Gasteiger partial charge in [0.25, 0.3) is 0 Å². The molecule has 2 aromatic rings. The smallest absolute Gasteiger partial charge is 0.186 e. The van der Waals surface area contributed by atoms with Crippen molar-refractivity contribution in [1.82, 2.24) is 19.7 Å². The van der Waals surface area contributed by atoms with Crippen molar-refractivity contribution >= 4 is 28.1 Å². The van der Waals surface area contributed by atoms with Crippen LogP contribution < -0.4 is 5.32 Å². The second-order valence-electron chi connectivity index (χ2n) is 3.42. The zero-order chi connectivity index (χ0) is 12.4. The molecule has 1 unspecified atom stereocenters. The highest BCUT2D eigenvalue weighted by atomic mass is 35.5. The molecule has 2 rings (SSSR count). The van der Waals surface area contributed by atoms with E-state index in [-0.39, 0.29) is 11.2 Å². The van der Waals surface area contributed by atoms with Crippen molar-refractivity contribution < 1.29 is 0 Å². The Morgan fingerprint density at radius 3 is 2.94 bits per heavy atom. The number of hydrogen-bond acceptors (Lipinski definition) is 6. The minimum atomic E-state index is -0.0590. The highest BCUT2D eigenvalue weighted by Gasteiger charge is 2.15. The summed E-state index contributed by atoms with van der Waals surface area (Å²) in [6.45, 7) is 1.94. The molecule has 88 valence electrons. The number of anilines is 1. The van der Waals surface area contributed by atoms with E-state index in [0.717, 1.165) is 5.82 Å². The van der Waals surface area contributed by atoms with E-state index in [9.17, 15) is 0 Å². The van der Waals surface area contributed by atoms with Crippen LogP contribution in [-0.2, 0) is 7.05 Å². The monoisotopic (exact) mass is 268 g/mol. The van der Waals surface area contributed by atoms with Crippen molar-refractivity contribution in [3.63, 3.8) is 0 Å². The topological polar surface area (TPSA) is 79.4 Å². The molecular formula is C9H9ClN6S. The lowest BCUT2D eigenvalue weighted by atomic mass is 10.3. The molecule has 0 aromatic carbocycles. The molecule has 2 heterocycles. The van der Waals surface area contributed by atoms with E-state index >= 15 is 0 Å². The molecule has 2 aromatic heterocycles. The van der Waals surface area contributed by atoms with Gasteiger partial charge >= 0.3 is 0 Å². The Morgan fingerprint density at radius 1 is 1.65 bits per heavy atom. The van der Waals surface area contributed by atoms with Crippen molar-refractivity contribution in [2.24, 2.45) is 7.05 Å². The summed E-state index contributed by atoms with van der Waals surface area (Å²) in [5.74, 6) is 0.787. The first-order chi connectivity index (χ1) is 8.11. The Morgan fingerprint density at radius 2 is 2.41 bits per heavy atom. The Balaban J connectivity index is 2.16. The van der Waals surface area contributed by atoms with E-state index in [1.807, 2.05) is 24.6 Å². The van der Waals surface area contributed by atoms with Crippen LogP contribution >= 0.6 is 22.9 Å². The average Bonchev–Trinajstić information content (AvgIpc) is 2.84. The van der Waals surface area contributed by atoms with Crippen LogP contribution in [0.5, 0.6) is 0 Å². The minimum absolute atomic E-state index is 0.0590. The third kappa shape index (κ3) is 2.38. The van der Waals surface area contributed by atoms with Gasteiger partial charge in [0.1, 0.15) is 17.3 Å². The summed E-state index contributed by atoms with van der Waals surface area (Å²) in [5.41, 5.74) is 0. The van der Waals surface area contributed by atoms with Crippen LogP contribution in [0.3, 0.4) is 0 Å². The normalized spacial score (nSPS) is 12.1. The zero-order valence-corrected chi connectivity index (χ0v) is 10.7. The first-order valence-electron chi connectivity index (χ1n) is 4.78. The van der Waals surface area contributed by atoms with Gasteiger partial charge in [0.2, 0.25) is 0 Å². The Labute approximate surface area is 107 Å². The van der Waals surface area contributed by atoms with Crippen molar-refractivity contribution in [1.29, 1.82) is 5.26 Å². The molecule has 0 saturated heterocycles. The van der Waals surface area contributed by atoms with Gasteiger partial charge in [0.05, 0.1) is 6.04 Å². The van der Waals surface area contributed by atoms with E-state index < -0.39 is 0 Å².